The summed E-state index contributed by atoms with van der Waals surface area (Å²) in [5.41, 5.74) is 7.31. The Balaban J connectivity index is 1.38. The number of nitrogens with zero attached hydrogens (tertiary/aromatic N) is 2. The maximum atomic E-state index is 2.50. The van der Waals surface area contributed by atoms with Crippen LogP contribution in [0.1, 0.15) is 0 Å². The molecule has 0 bridgehead atoms. The van der Waals surface area contributed by atoms with Gasteiger partial charge in [-0.05, 0) is 53.9 Å². The van der Waals surface area contributed by atoms with Crippen LogP contribution in [-0.2, 0) is 0 Å². The van der Waals surface area contributed by atoms with E-state index in [1.807, 2.05) is 11.3 Å². The van der Waals surface area contributed by atoms with Gasteiger partial charge in [0.25, 0.3) is 0 Å². The van der Waals surface area contributed by atoms with Gasteiger partial charge < -0.3 is 9.13 Å². The van der Waals surface area contributed by atoms with Crippen molar-refractivity contribution in [1.82, 2.24) is 9.13 Å². The molecule has 0 saturated heterocycles. The quantitative estimate of drug-likeness (QED) is 0.198. The van der Waals surface area contributed by atoms with Crippen LogP contribution in [0.4, 0.5) is 0 Å². The van der Waals surface area contributed by atoms with Crippen LogP contribution in [0, 0.1) is 0 Å². The minimum absolute atomic E-state index is 1.20. The molecule has 3 heteroatoms. The zero-order valence-electron chi connectivity index (χ0n) is 23.2. The van der Waals surface area contributed by atoms with E-state index in [1.165, 1.54) is 85.9 Å². The Kier molecular flexibility index (Phi) is 4.63. The van der Waals surface area contributed by atoms with Crippen LogP contribution in [0.5, 0.6) is 0 Å². The van der Waals surface area contributed by atoms with Crippen LogP contribution >= 0.6 is 11.3 Å². The van der Waals surface area contributed by atoms with Gasteiger partial charge in [0.15, 0.2) is 0 Å². The number of hydrogen-bond acceptors (Lipinski definition) is 1. The van der Waals surface area contributed by atoms with Gasteiger partial charge in [-0.2, -0.15) is 0 Å². The number of hydrogen-bond donors (Lipinski definition) is 0. The molecule has 0 spiro atoms. The summed E-state index contributed by atoms with van der Waals surface area (Å²) in [6, 6.07) is 53.4. The predicted molar refractivity (Wildman–Crippen MR) is 186 cm³/mol. The third-order valence-electron chi connectivity index (χ3n) is 9.10. The summed E-state index contributed by atoms with van der Waals surface area (Å²) in [5, 5.41) is 10.3. The van der Waals surface area contributed by atoms with Crippen molar-refractivity contribution in [1.29, 1.82) is 0 Å². The van der Waals surface area contributed by atoms with Crippen molar-refractivity contribution in [3.63, 3.8) is 0 Å². The van der Waals surface area contributed by atoms with E-state index < -0.39 is 0 Å². The molecular formula is C40H24N2S. The van der Waals surface area contributed by atoms with Gasteiger partial charge in [-0.25, -0.2) is 0 Å². The highest BCUT2D eigenvalue weighted by atomic mass is 32.1. The van der Waals surface area contributed by atoms with Crippen molar-refractivity contribution in [2.75, 3.05) is 0 Å². The van der Waals surface area contributed by atoms with Gasteiger partial charge in [0.1, 0.15) is 0 Å². The van der Waals surface area contributed by atoms with E-state index in [0.29, 0.717) is 0 Å². The second-order valence-corrected chi connectivity index (χ2v) is 12.4. The molecule has 0 unspecified atom stereocenters. The number of aromatic nitrogens is 2. The molecule has 10 rings (SSSR count). The Hall–Kier alpha value is -5.38. The van der Waals surface area contributed by atoms with Gasteiger partial charge in [0, 0.05) is 47.1 Å². The lowest BCUT2D eigenvalue weighted by molar-refractivity contribution is 1.18. The van der Waals surface area contributed by atoms with E-state index in [9.17, 15) is 0 Å². The standard InChI is InChI=1S/C40H24N2S/c1-2-13-26-25(11-1)12-9-19-32(26)41-34-18-7-4-16-29(34)40-35(41)20-10-21-36(40)42-33-17-6-3-14-27(33)30-24-39-31(23-37(30)42)28-15-5-8-22-38(28)43-39/h1-24H. The van der Waals surface area contributed by atoms with E-state index >= 15 is 0 Å². The predicted octanol–water partition coefficient (Wildman–Crippen LogP) is 11.4. The molecule has 0 radical (unpaired) electrons. The molecule has 3 heterocycles. The first-order valence-electron chi connectivity index (χ1n) is 14.7. The van der Waals surface area contributed by atoms with Crippen LogP contribution in [-0.4, -0.2) is 9.13 Å². The van der Waals surface area contributed by atoms with Crippen molar-refractivity contribution in [2.45, 2.75) is 0 Å². The summed E-state index contributed by atoms with van der Waals surface area (Å²) in [6.45, 7) is 0. The topological polar surface area (TPSA) is 9.86 Å². The minimum atomic E-state index is 1.20. The molecule has 10 aromatic rings. The van der Waals surface area contributed by atoms with Crippen LogP contribution in [0.2, 0.25) is 0 Å². The number of rotatable bonds is 2. The molecule has 0 saturated carbocycles. The highest BCUT2D eigenvalue weighted by molar-refractivity contribution is 7.25. The first kappa shape index (κ1) is 23.2. The van der Waals surface area contributed by atoms with Crippen LogP contribution < -0.4 is 0 Å². The Morgan fingerprint density at radius 3 is 1.84 bits per heavy atom. The van der Waals surface area contributed by atoms with Gasteiger partial charge in [-0.3, -0.25) is 0 Å². The normalized spacial score (nSPS) is 12.2. The van der Waals surface area contributed by atoms with Crippen LogP contribution in [0.3, 0.4) is 0 Å². The van der Waals surface area contributed by atoms with Gasteiger partial charge in [0.2, 0.25) is 0 Å². The fraction of sp³-hybridized carbons (Fsp3) is 0. The lowest BCUT2D eigenvalue weighted by Gasteiger charge is -2.13. The number of benzene rings is 7. The molecule has 0 atom stereocenters. The molecule has 0 N–H and O–H groups in total. The third-order valence-corrected chi connectivity index (χ3v) is 10.2. The smallest absolute Gasteiger partial charge is 0.0562 e. The summed E-state index contributed by atoms with van der Waals surface area (Å²) in [4.78, 5) is 0. The fourth-order valence-corrected chi connectivity index (χ4v) is 8.42. The highest BCUT2D eigenvalue weighted by Crippen LogP contribution is 2.43. The molecule has 200 valence electrons. The third kappa shape index (κ3) is 3.12. The lowest BCUT2D eigenvalue weighted by atomic mass is 10.1. The largest absolute Gasteiger partial charge is 0.309 e. The van der Waals surface area contributed by atoms with Gasteiger partial charge in [-0.1, -0.05) is 97.1 Å². The van der Waals surface area contributed by atoms with Crippen molar-refractivity contribution < 1.29 is 0 Å². The zero-order valence-corrected chi connectivity index (χ0v) is 24.0. The zero-order chi connectivity index (χ0) is 28.1. The molecule has 0 aliphatic carbocycles. The van der Waals surface area contributed by atoms with Crippen molar-refractivity contribution in [3.05, 3.63) is 146 Å². The minimum Gasteiger partial charge on any atom is -0.309 e. The molecule has 0 aliphatic rings. The van der Waals surface area contributed by atoms with Gasteiger partial charge in [-0.15, -0.1) is 11.3 Å². The van der Waals surface area contributed by atoms with Crippen molar-refractivity contribution in [3.8, 4) is 11.4 Å². The molecule has 2 nitrogen and oxygen atoms in total. The molecular weight excluding hydrogens is 541 g/mol. The van der Waals surface area contributed by atoms with E-state index in [1.54, 1.807) is 0 Å². The Morgan fingerprint density at radius 2 is 0.953 bits per heavy atom. The van der Waals surface area contributed by atoms with E-state index in [2.05, 4.69) is 155 Å². The summed E-state index contributed by atoms with van der Waals surface area (Å²) in [7, 11) is 0. The number of fused-ring (bicyclic) bond motifs is 10. The molecule has 7 aromatic carbocycles. The van der Waals surface area contributed by atoms with E-state index in [-0.39, 0.29) is 0 Å². The SMILES string of the molecule is c1ccc2c(-n3c4ccccc4c4c(-n5c6ccccc6c6cc7sc8ccccc8c7cc65)cccc43)cccc2c1. The molecule has 0 fully saturated rings. The maximum Gasteiger partial charge on any atom is 0.0562 e. The first-order valence-corrected chi connectivity index (χ1v) is 15.5. The molecule has 3 aromatic heterocycles. The first-order chi connectivity index (χ1) is 21.3. The van der Waals surface area contributed by atoms with Gasteiger partial charge >= 0.3 is 0 Å². The summed E-state index contributed by atoms with van der Waals surface area (Å²) >= 11 is 1.88. The summed E-state index contributed by atoms with van der Waals surface area (Å²) in [5.74, 6) is 0. The second kappa shape index (κ2) is 8.57. The average Bonchev–Trinajstić information content (AvgIpc) is 3.71. The van der Waals surface area contributed by atoms with E-state index in [0.717, 1.165) is 0 Å². The lowest BCUT2D eigenvalue weighted by Crippen LogP contribution is -1.97. The Labute approximate surface area is 251 Å². The maximum absolute atomic E-state index is 2.50. The highest BCUT2D eigenvalue weighted by Gasteiger charge is 2.21. The van der Waals surface area contributed by atoms with Gasteiger partial charge in [0.05, 0.1) is 33.4 Å². The molecule has 43 heavy (non-hydrogen) atoms. The Morgan fingerprint density at radius 1 is 0.349 bits per heavy atom. The van der Waals surface area contributed by atoms with Crippen LogP contribution in [0.15, 0.2) is 146 Å². The molecule has 0 aliphatic heterocycles. The van der Waals surface area contributed by atoms with E-state index in [4.69, 9.17) is 0 Å². The Bertz CT molecular complexity index is 2730. The van der Waals surface area contributed by atoms with Crippen molar-refractivity contribution in [2.24, 2.45) is 0 Å². The monoisotopic (exact) mass is 564 g/mol. The summed E-state index contributed by atoms with van der Waals surface area (Å²) < 4.78 is 7.62. The number of thiophene rings is 1. The fourth-order valence-electron chi connectivity index (χ4n) is 7.30. The van der Waals surface area contributed by atoms with Crippen LogP contribution in [0.25, 0.3) is 85.9 Å². The summed E-state index contributed by atoms with van der Waals surface area (Å²) in [6.07, 6.45) is 0. The average molecular weight is 565 g/mol. The second-order valence-electron chi connectivity index (χ2n) is 11.3. The van der Waals surface area contributed by atoms with Crippen molar-refractivity contribution >= 4 is 85.9 Å². The molecule has 0 amide bonds. The number of para-hydroxylation sites is 2.